The van der Waals surface area contributed by atoms with Gasteiger partial charge in [-0.05, 0) is 30.4 Å². The van der Waals surface area contributed by atoms with Crippen molar-refractivity contribution < 1.29 is 14.3 Å². The van der Waals surface area contributed by atoms with Crippen molar-refractivity contribution >= 4 is 11.8 Å². The molecule has 2 N–H and O–H groups in total. The van der Waals surface area contributed by atoms with E-state index in [2.05, 4.69) is 24.5 Å². The summed E-state index contributed by atoms with van der Waals surface area (Å²) in [7, 11) is 0. The SMILES string of the molecule is CCC(C)c1ccccc1OCC(=O)NCC1CCC(=O)N1. The maximum absolute atomic E-state index is 11.9. The summed E-state index contributed by atoms with van der Waals surface area (Å²) in [6, 6.07) is 7.87. The van der Waals surface area contributed by atoms with Crippen LogP contribution in [-0.2, 0) is 9.59 Å². The molecule has 1 heterocycles. The third kappa shape index (κ3) is 4.48. The molecule has 5 nitrogen and oxygen atoms in total. The zero-order chi connectivity index (χ0) is 15.9. The first kappa shape index (κ1) is 16.3. The van der Waals surface area contributed by atoms with Gasteiger partial charge in [0.15, 0.2) is 6.61 Å². The zero-order valence-corrected chi connectivity index (χ0v) is 13.2. The summed E-state index contributed by atoms with van der Waals surface area (Å²) in [6.45, 7) is 4.73. The van der Waals surface area contributed by atoms with Crippen LogP contribution in [0.2, 0.25) is 0 Å². The Morgan fingerprint density at radius 3 is 2.91 bits per heavy atom. The van der Waals surface area contributed by atoms with Gasteiger partial charge in [-0.15, -0.1) is 0 Å². The molecule has 2 atom stereocenters. The lowest BCUT2D eigenvalue weighted by atomic mass is 9.98. The Morgan fingerprint density at radius 2 is 2.23 bits per heavy atom. The standard InChI is InChI=1S/C17H24N2O3/c1-3-12(2)14-6-4-5-7-15(14)22-11-17(21)18-10-13-8-9-16(20)19-13/h4-7,12-13H,3,8-11H2,1-2H3,(H,18,21)(H,19,20). The minimum absolute atomic E-state index is 0.00584. The van der Waals surface area contributed by atoms with E-state index in [1.54, 1.807) is 0 Å². The van der Waals surface area contributed by atoms with E-state index < -0.39 is 0 Å². The van der Waals surface area contributed by atoms with E-state index in [1.165, 1.54) is 0 Å². The minimum Gasteiger partial charge on any atom is -0.483 e. The van der Waals surface area contributed by atoms with Crippen LogP contribution in [0.4, 0.5) is 0 Å². The summed E-state index contributed by atoms with van der Waals surface area (Å²) < 4.78 is 5.66. The number of carbonyl (C=O) groups excluding carboxylic acids is 2. The van der Waals surface area contributed by atoms with E-state index in [-0.39, 0.29) is 24.5 Å². The van der Waals surface area contributed by atoms with E-state index in [0.29, 0.717) is 18.9 Å². The molecule has 0 bridgehead atoms. The summed E-state index contributed by atoms with van der Waals surface area (Å²) in [5, 5.41) is 5.62. The van der Waals surface area contributed by atoms with E-state index in [4.69, 9.17) is 4.74 Å². The van der Waals surface area contributed by atoms with Crippen molar-refractivity contribution in [3.05, 3.63) is 29.8 Å². The van der Waals surface area contributed by atoms with Crippen LogP contribution in [0, 0.1) is 0 Å². The Labute approximate surface area is 131 Å². The molecule has 2 amide bonds. The molecule has 1 aliphatic heterocycles. The highest BCUT2D eigenvalue weighted by Gasteiger charge is 2.21. The average Bonchev–Trinajstić information content (AvgIpc) is 2.96. The molecule has 0 radical (unpaired) electrons. The quantitative estimate of drug-likeness (QED) is 0.809. The van der Waals surface area contributed by atoms with Crippen molar-refractivity contribution in [1.82, 2.24) is 10.6 Å². The average molecular weight is 304 g/mol. The van der Waals surface area contributed by atoms with Gasteiger partial charge in [-0.2, -0.15) is 0 Å². The fourth-order valence-corrected chi connectivity index (χ4v) is 2.50. The van der Waals surface area contributed by atoms with Gasteiger partial charge in [0.2, 0.25) is 5.91 Å². The predicted molar refractivity (Wildman–Crippen MR) is 84.8 cm³/mol. The lowest BCUT2D eigenvalue weighted by Crippen LogP contribution is -2.40. The molecule has 2 rings (SSSR count). The van der Waals surface area contributed by atoms with Crippen LogP contribution in [-0.4, -0.2) is 31.0 Å². The summed E-state index contributed by atoms with van der Waals surface area (Å²) in [4.78, 5) is 22.9. The van der Waals surface area contributed by atoms with E-state index in [0.717, 1.165) is 24.2 Å². The molecule has 2 unspecified atom stereocenters. The molecule has 120 valence electrons. The van der Waals surface area contributed by atoms with Gasteiger partial charge in [0, 0.05) is 19.0 Å². The van der Waals surface area contributed by atoms with Gasteiger partial charge < -0.3 is 15.4 Å². The normalized spacial score (nSPS) is 18.6. The van der Waals surface area contributed by atoms with E-state index >= 15 is 0 Å². The van der Waals surface area contributed by atoms with Gasteiger partial charge in [-0.25, -0.2) is 0 Å². The molecule has 1 aromatic carbocycles. The Hall–Kier alpha value is -2.04. The number of amides is 2. The highest BCUT2D eigenvalue weighted by molar-refractivity contribution is 5.79. The lowest BCUT2D eigenvalue weighted by Gasteiger charge is -2.16. The summed E-state index contributed by atoms with van der Waals surface area (Å²) in [5.74, 6) is 1.05. The van der Waals surface area contributed by atoms with E-state index in [9.17, 15) is 9.59 Å². The van der Waals surface area contributed by atoms with Crippen molar-refractivity contribution in [2.24, 2.45) is 0 Å². The highest BCUT2D eigenvalue weighted by Crippen LogP contribution is 2.28. The van der Waals surface area contributed by atoms with Gasteiger partial charge >= 0.3 is 0 Å². The lowest BCUT2D eigenvalue weighted by molar-refractivity contribution is -0.123. The number of ether oxygens (including phenoxy) is 1. The van der Waals surface area contributed by atoms with Crippen LogP contribution >= 0.6 is 0 Å². The van der Waals surface area contributed by atoms with Gasteiger partial charge in [0.1, 0.15) is 5.75 Å². The van der Waals surface area contributed by atoms with Gasteiger partial charge in [-0.1, -0.05) is 32.0 Å². The van der Waals surface area contributed by atoms with Crippen molar-refractivity contribution in [3.8, 4) is 5.75 Å². The molecule has 0 spiro atoms. The number of rotatable bonds is 7. The second-order valence-electron chi connectivity index (χ2n) is 5.74. The number of para-hydroxylation sites is 1. The monoisotopic (exact) mass is 304 g/mol. The Bertz CT molecular complexity index is 530. The van der Waals surface area contributed by atoms with Crippen molar-refractivity contribution in [3.63, 3.8) is 0 Å². The first-order valence-electron chi connectivity index (χ1n) is 7.88. The molecule has 0 aromatic heterocycles. The predicted octanol–water partition coefficient (Wildman–Crippen LogP) is 1.97. The minimum atomic E-state index is -0.167. The van der Waals surface area contributed by atoms with Crippen molar-refractivity contribution in [2.75, 3.05) is 13.2 Å². The highest BCUT2D eigenvalue weighted by atomic mass is 16.5. The van der Waals surface area contributed by atoms with Crippen LogP contribution < -0.4 is 15.4 Å². The molecule has 5 heteroatoms. The van der Waals surface area contributed by atoms with Crippen LogP contribution in [0.3, 0.4) is 0 Å². The fourth-order valence-electron chi connectivity index (χ4n) is 2.50. The molecule has 1 saturated heterocycles. The Balaban J connectivity index is 1.80. The summed E-state index contributed by atoms with van der Waals surface area (Å²) >= 11 is 0. The van der Waals surface area contributed by atoms with Gasteiger partial charge in [0.05, 0.1) is 0 Å². The van der Waals surface area contributed by atoms with Crippen LogP contribution in [0.1, 0.15) is 44.6 Å². The Morgan fingerprint density at radius 1 is 1.45 bits per heavy atom. The number of nitrogens with one attached hydrogen (secondary N) is 2. The van der Waals surface area contributed by atoms with Crippen LogP contribution in [0.25, 0.3) is 0 Å². The van der Waals surface area contributed by atoms with Gasteiger partial charge in [-0.3, -0.25) is 9.59 Å². The number of carbonyl (C=O) groups is 2. The number of hydrogen-bond acceptors (Lipinski definition) is 3. The molecular formula is C17H24N2O3. The molecule has 1 fully saturated rings. The maximum atomic E-state index is 11.9. The summed E-state index contributed by atoms with van der Waals surface area (Å²) in [5.41, 5.74) is 1.13. The molecule has 0 aliphatic carbocycles. The molecule has 22 heavy (non-hydrogen) atoms. The third-order valence-electron chi connectivity index (χ3n) is 4.05. The third-order valence-corrected chi connectivity index (χ3v) is 4.05. The largest absolute Gasteiger partial charge is 0.483 e. The topological polar surface area (TPSA) is 67.4 Å². The van der Waals surface area contributed by atoms with Crippen molar-refractivity contribution in [1.29, 1.82) is 0 Å². The molecule has 1 aliphatic rings. The van der Waals surface area contributed by atoms with E-state index in [1.807, 2.05) is 24.3 Å². The smallest absolute Gasteiger partial charge is 0.258 e. The first-order valence-corrected chi connectivity index (χ1v) is 7.88. The van der Waals surface area contributed by atoms with Gasteiger partial charge in [0.25, 0.3) is 5.91 Å². The fraction of sp³-hybridized carbons (Fsp3) is 0.529. The molecular weight excluding hydrogens is 280 g/mol. The zero-order valence-electron chi connectivity index (χ0n) is 13.2. The second-order valence-corrected chi connectivity index (χ2v) is 5.74. The Kier molecular flexibility index (Phi) is 5.81. The molecule has 1 aromatic rings. The molecule has 0 saturated carbocycles. The van der Waals surface area contributed by atoms with Crippen LogP contribution in [0.15, 0.2) is 24.3 Å². The second kappa shape index (κ2) is 7.82. The first-order chi connectivity index (χ1) is 10.6. The number of hydrogen-bond donors (Lipinski definition) is 2. The maximum Gasteiger partial charge on any atom is 0.258 e. The van der Waals surface area contributed by atoms with Crippen molar-refractivity contribution in [2.45, 2.75) is 45.1 Å². The number of benzene rings is 1. The summed E-state index contributed by atoms with van der Waals surface area (Å²) in [6.07, 6.45) is 2.34. The van der Waals surface area contributed by atoms with Crippen LogP contribution in [0.5, 0.6) is 5.75 Å².